The number of likely N-dealkylation sites (tertiary alicyclic amines) is 2. The molecule has 1 aromatic heterocycles. The van der Waals surface area contributed by atoms with Crippen LogP contribution in [-0.4, -0.2) is 58.3 Å². The summed E-state index contributed by atoms with van der Waals surface area (Å²) >= 11 is 0. The van der Waals surface area contributed by atoms with Gasteiger partial charge < -0.3 is 14.5 Å². The highest BCUT2D eigenvalue weighted by molar-refractivity contribution is 5.96. The maximum absolute atomic E-state index is 13.1. The van der Waals surface area contributed by atoms with Crippen molar-refractivity contribution in [1.29, 1.82) is 5.26 Å². The highest BCUT2D eigenvalue weighted by Gasteiger charge is 2.43. The minimum absolute atomic E-state index is 0.00771. The second kappa shape index (κ2) is 6.37. The van der Waals surface area contributed by atoms with Crippen molar-refractivity contribution in [2.24, 2.45) is 13.0 Å². The minimum atomic E-state index is 0.00771. The Hall–Kier alpha value is -3.01. The van der Waals surface area contributed by atoms with Crippen LogP contribution < -0.4 is 4.74 Å². The van der Waals surface area contributed by atoms with Crippen LogP contribution in [0.15, 0.2) is 30.6 Å². The molecule has 0 spiro atoms. The fourth-order valence-corrected chi connectivity index (χ4v) is 4.08. The number of amides is 1. The predicted octanol–water partition coefficient (Wildman–Crippen LogP) is 1.72. The van der Waals surface area contributed by atoms with Gasteiger partial charge in [-0.05, 0) is 24.6 Å². The van der Waals surface area contributed by atoms with Crippen LogP contribution in [0.2, 0.25) is 0 Å². The maximum atomic E-state index is 13.1. The summed E-state index contributed by atoms with van der Waals surface area (Å²) in [6.45, 7) is 2.14. The van der Waals surface area contributed by atoms with Gasteiger partial charge >= 0.3 is 0 Å². The first-order valence-corrected chi connectivity index (χ1v) is 8.73. The average Bonchev–Trinajstić information content (AvgIpc) is 3.35. The predicted molar refractivity (Wildman–Crippen MR) is 95.3 cm³/mol. The van der Waals surface area contributed by atoms with E-state index in [1.54, 1.807) is 29.0 Å². The average molecular weight is 351 g/mol. The van der Waals surface area contributed by atoms with E-state index in [2.05, 4.69) is 11.3 Å². The molecule has 2 aliphatic rings. The number of rotatable bonds is 3. The van der Waals surface area contributed by atoms with Gasteiger partial charge in [0, 0.05) is 55.5 Å². The van der Waals surface area contributed by atoms with Crippen LogP contribution in [0.3, 0.4) is 0 Å². The molecule has 0 bridgehead atoms. The van der Waals surface area contributed by atoms with Crippen molar-refractivity contribution in [3.63, 3.8) is 0 Å². The SMILES string of the molecule is COc1cc(C(=O)N2CCC3CN(C#N)CC32)ccc1-c1cnn(C)c1. The molecular formula is C19H21N5O2. The van der Waals surface area contributed by atoms with E-state index >= 15 is 0 Å². The molecule has 7 heteroatoms. The third-order valence-electron chi connectivity index (χ3n) is 5.41. The number of methoxy groups -OCH3 is 1. The van der Waals surface area contributed by atoms with E-state index in [1.165, 1.54) is 0 Å². The third-order valence-corrected chi connectivity index (χ3v) is 5.41. The first kappa shape index (κ1) is 16.5. The second-order valence-electron chi connectivity index (χ2n) is 6.94. The normalized spacial score (nSPS) is 21.6. The van der Waals surface area contributed by atoms with Crippen molar-refractivity contribution in [3.8, 4) is 23.1 Å². The summed E-state index contributed by atoms with van der Waals surface area (Å²) in [5.74, 6) is 1.06. The van der Waals surface area contributed by atoms with Gasteiger partial charge in [-0.25, -0.2) is 0 Å². The van der Waals surface area contributed by atoms with Crippen LogP contribution in [-0.2, 0) is 7.05 Å². The van der Waals surface area contributed by atoms with E-state index in [0.29, 0.717) is 23.8 Å². The third kappa shape index (κ3) is 2.68. The summed E-state index contributed by atoms with van der Waals surface area (Å²) in [6, 6.07) is 5.69. The van der Waals surface area contributed by atoms with Crippen LogP contribution >= 0.6 is 0 Å². The van der Waals surface area contributed by atoms with Gasteiger partial charge in [-0.3, -0.25) is 9.48 Å². The van der Waals surface area contributed by atoms with Crippen LogP contribution in [0.1, 0.15) is 16.8 Å². The second-order valence-corrected chi connectivity index (χ2v) is 6.94. The summed E-state index contributed by atoms with van der Waals surface area (Å²) in [5, 5.41) is 13.3. The molecule has 26 heavy (non-hydrogen) atoms. The Balaban J connectivity index is 1.60. The molecule has 1 aromatic carbocycles. The fraction of sp³-hybridized carbons (Fsp3) is 0.421. The quantitative estimate of drug-likeness (QED) is 0.787. The van der Waals surface area contributed by atoms with E-state index in [1.807, 2.05) is 30.3 Å². The van der Waals surface area contributed by atoms with Crippen molar-refractivity contribution in [2.45, 2.75) is 12.5 Å². The highest BCUT2D eigenvalue weighted by Crippen LogP contribution is 2.34. The summed E-state index contributed by atoms with van der Waals surface area (Å²) < 4.78 is 7.26. The number of benzene rings is 1. The Labute approximate surface area is 152 Å². The topological polar surface area (TPSA) is 74.4 Å². The molecular weight excluding hydrogens is 330 g/mol. The first-order chi connectivity index (χ1) is 12.6. The number of aryl methyl sites for hydroxylation is 1. The number of nitriles is 1. The van der Waals surface area contributed by atoms with Gasteiger partial charge in [0.15, 0.2) is 6.19 Å². The lowest BCUT2D eigenvalue weighted by molar-refractivity contribution is 0.0731. The number of nitrogens with zero attached hydrogens (tertiary/aromatic N) is 5. The molecule has 2 aromatic rings. The van der Waals surface area contributed by atoms with Gasteiger partial charge in [0.1, 0.15) is 5.75 Å². The lowest BCUT2D eigenvalue weighted by Crippen LogP contribution is -2.39. The smallest absolute Gasteiger partial charge is 0.254 e. The number of ether oxygens (including phenoxy) is 1. The van der Waals surface area contributed by atoms with Crippen molar-refractivity contribution >= 4 is 5.91 Å². The van der Waals surface area contributed by atoms with E-state index in [-0.39, 0.29) is 11.9 Å². The molecule has 2 saturated heterocycles. The summed E-state index contributed by atoms with van der Waals surface area (Å²) in [5.41, 5.74) is 2.48. The minimum Gasteiger partial charge on any atom is -0.496 e. The molecule has 0 aliphatic carbocycles. The van der Waals surface area contributed by atoms with Crippen molar-refractivity contribution in [3.05, 3.63) is 36.2 Å². The number of hydrogen-bond acceptors (Lipinski definition) is 5. The Kier molecular flexibility index (Phi) is 4.03. The summed E-state index contributed by atoms with van der Waals surface area (Å²) in [6.07, 6.45) is 6.86. The van der Waals surface area contributed by atoms with Crippen LogP contribution in [0.25, 0.3) is 11.1 Å². The van der Waals surface area contributed by atoms with E-state index < -0.39 is 0 Å². The highest BCUT2D eigenvalue weighted by atomic mass is 16.5. The molecule has 0 saturated carbocycles. The van der Waals surface area contributed by atoms with Gasteiger partial charge in [-0.2, -0.15) is 10.4 Å². The molecule has 3 heterocycles. The van der Waals surface area contributed by atoms with Gasteiger partial charge in [0.2, 0.25) is 0 Å². The molecule has 134 valence electrons. The zero-order valence-corrected chi connectivity index (χ0v) is 14.9. The molecule has 2 unspecified atom stereocenters. The van der Waals surface area contributed by atoms with Gasteiger partial charge in [0.25, 0.3) is 5.91 Å². The Morgan fingerprint density at radius 2 is 2.23 bits per heavy atom. The Morgan fingerprint density at radius 1 is 1.38 bits per heavy atom. The summed E-state index contributed by atoms with van der Waals surface area (Å²) in [7, 11) is 3.47. The molecule has 0 N–H and O–H groups in total. The molecule has 0 radical (unpaired) electrons. The first-order valence-electron chi connectivity index (χ1n) is 8.73. The standard InChI is InChI=1S/C19H21N5O2/c1-22-9-15(8-21-22)16-4-3-13(7-18(16)26-2)19(25)24-6-5-14-10-23(12-20)11-17(14)24/h3-4,7-9,14,17H,5-6,10-11H2,1-2H3. The number of carbonyl (C=O) groups is 1. The van der Waals surface area contributed by atoms with Crippen LogP contribution in [0, 0.1) is 17.4 Å². The molecule has 2 atom stereocenters. The molecule has 4 rings (SSSR count). The Bertz CT molecular complexity index is 884. The van der Waals surface area contributed by atoms with Crippen molar-refractivity contribution < 1.29 is 9.53 Å². The maximum Gasteiger partial charge on any atom is 0.254 e. The number of hydrogen-bond donors (Lipinski definition) is 0. The zero-order valence-electron chi connectivity index (χ0n) is 14.9. The van der Waals surface area contributed by atoms with E-state index in [4.69, 9.17) is 10.00 Å². The zero-order chi connectivity index (χ0) is 18.3. The van der Waals surface area contributed by atoms with Gasteiger partial charge in [0.05, 0.1) is 19.3 Å². The number of fused-ring (bicyclic) bond motifs is 1. The van der Waals surface area contributed by atoms with Crippen molar-refractivity contribution in [2.75, 3.05) is 26.7 Å². The van der Waals surface area contributed by atoms with Crippen LogP contribution in [0.4, 0.5) is 0 Å². The largest absolute Gasteiger partial charge is 0.496 e. The van der Waals surface area contributed by atoms with Gasteiger partial charge in [-0.15, -0.1) is 0 Å². The lowest BCUT2D eigenvalue weighted by Gasteiger charge is -2.24. The van der Waals surface area contributed by atoms with E-state index in [0.717, 1.165) is 30.6 Å². The Morgan fingerprint density at radius 3 is 2.92 bits per heavy atom. The van der Waals surface area contributed by atoms with Crippen molar-refractivity contribution in [1.82, 2.24) is 19.6 Å². The molecule has 2 aliphatic heterocycles. The molecule has 1 amide bonds. The monoisotopic (exact) mass is 351 g/mol. The van der Waals surface area contributed by atoms with Gasteiger partial charge in [-0.1, -0.05) is 0 Å². The lowest BCUT2D eigenvalue weighted by atomic mass is 10.0. The summed E-state index contributed by atoms with van der Waals surface area (Å²) in [4.78, 5) is 16.7. The number of carbonyl (C=O) groups excluding carboxylic acids is 1. The number of aromatic nitrogens is 2. The van der Waals surface area contributed by atoms with Crippen LogP contribution in [0.5, 0.6) is 5.75 Å². The van der Waals surface area contributed by atoms with E-state index in [9.17, 15) is 4.79 Å². The fourth-order valence-electron chi connectivity index (χ4n) is 4.08. The molecule has 2 fully saturated rings. The molecule has 7 nitrogen and oxygen atoms in total.